The van der Waals surface area contributed by atoms with E-state index in [1.807, 2.05) is 0 Å². The van der Waals surface area contributed by atoms with Crippen LogP contribution in [0.4, 0.5) is 0 Å². The lowest BCUT2D eigenvalue weighted by atomic mass is 9.91. The van der Waals surface area contributed by atoms with Gasteiger partial charge in [-0.1, -0.05) is 60.7 Å². The molecule has 4 rings (SSSR count). The third kappa shape index (κ3) is 2.57. The molecule has 0 radical (unpaired) electrons. The van der Waals surface area contributed by atoms with Gasteiger partial charge < -0.3 is 5.32 Å². The van der Waals surface area contributed by atoms with Gasteiger partial charge in [-0.3, -0.25) is 4.90 Å². The molecule has 2 aromatic rings. The number of benzene rings is 2. The lowest BCUT2D eigenvalue weighted by Gasteiger charge is -2.38. The topological polar surface area (TPSA) is 15.3 Å². The fraction of sp³-hybridized carbons (Fsp3) is 0.400. The quantitative estimate of drug-likeness (QED) is 0.932. The molecule has 22 heavy (non-hydrogen) atoms. The summed E-state index contributed by atoms with van der Waals surface area (Å²) in [4.78, 5) is 2.74. The van der Waals surface area contributed by atoms with E-state index >= 15 is 0 Å². The molecule has 0 saturated carbocycles. The minimum atomic E-state index is 0.386. The monoisotopic (exact) mass is 292 g/mol. The molecule has 0 aromatic heterocycles. The summed E-state index contributed by atoms with van der Waals surface area (Å²) >= 11 is 0. The summed E-state index contributed by atoms with van der Waals surface area (Å²) < 4.78 is 0. The zero-order valence-corrected chi connectivity index (χ0v) is 13.0. The van der Waals surface area contributed by atoms with E-state index < -0.39 is 0 Å². The molecular weight excluding hydrogens is 268 g/mol. The highest BCUT2D eigenvalue weighted by atomic mass is 15.2. The molecule has 2 saturated heterocycles. The lowest BCUT2D eigenvalue weighted by molar-refractivity contribution is 0.161. The van der Waals surface area contributed by atoms with Gasteiger partial charge in [-0.25, -0.2) is 0 Å². The fourth-order valence-electron chi connectivity index (χ4n) is 4.27. The van der Waals surface area contributed by atoms with Crippen LogP contribution in [-0.2, 0) is 0 Å². The molecule has 2 heteroatoms. The van der Waals surface area contributed by atoms with Crippen molar-refractivity contribution in [2.45, 2.75) is 24.9 Å². The van der Waals surface area contributed by atoms with E-state index in [1.54, 1.807) is 0 Å². The number of nitrogens with one attached hydrogen (secondary N) is 1. The largest absolute Gasteiger partial charge is 0.315 e. The molecule has 0 bridgehead atoms. The zero-order valence-electron chi connectivity index (χ0n) is 13.0. The van der Waals surface area contributed by atoms with Crippen LogP contribution in [0.15, 0.2) is 60.7 Å². The predicted octanol–water partition coefficient (Wildman–Crippen LogP) is 3.46. The van der Waals surface area contributed by atoms with E-state index in [2.05, 4.69) is 70.9 Å². The van der Waals surface area contributed by atoms with Crippen LogP contribution in [0, 0.1) is 5.92 Å². The maximum Gasteiger partial charge on any atom is 0.0604 e. The van der Waals surface area contributed by atoms with Gasteiger partial charge in [0.2, 0.25) is 0 Å². The molecule has 2 fully saturated rings. The number of fused-ring (bicyclic) bond motifs is 1. The standard InChI is InChI=1S/C20H24N2/c1-3-7-17(8-4-1)20(18-9-5-2-6-10-18)22-14-12-16-11-13-21-15-19(16)22/h1-10,16,19-21H,11-15H2/t16-,19-/m1/s1. The van der Waals surface area contributed by atoms with Crippen LogP contribution in [0.3, 0.4) is 0 Å². The number of nitrogens with zero attached hydrogens (tertiary/aromatic N) is 1. The summed E-state index contributed by atoms with van der Waals surface area (Å²) in [5.74, 6) is 0.871. The molecule has 0 amide bonds. The van der Waals surface area contributed by atoms with Gasteiger partial charge in [0.1, 0.15) is 0 Å². The molecule has 2 aliphatic heterocycles. The normalized spacial score (nSPS) is 25.3. The molecular formula is C20H24N2. The van der Waals surface area contributed by atoms with E-state index in [4.69, 9.17) is 0 Å². The Kier molecular flexibility index (Phi) is 3.96. The van der Waals surface area contributed by atoms with Crippen molar-refractivity contribution in [3.05, 3.63) is 71.8 Å². The first-order valence-electron chi connectivity index (χ1n) is 8.50. The van der Waals surface area contributed by atoms with Crippen molar-refractivity contribution in [1.82, 2.24) is 10.2 Å². The van der Waals surface area contributed by atoms with Gasteiger partial charge in [-0.15, -0.1) is 0 Å². The Morgan fingerprint density at radius 3 is 2.14 bits per heavy atom. The zero-order chi connectivity index (χ0) is 14.8. The van der Waals surface area contributed by atoms with E-state index in [9.17, 15) is 0 Å². The second kappa shape index (κ2) is 6.23. The minimum absolute atomic E-state index is 0.386. The summed E-state index contributed by atoms with van der Waals surface area (Å²) in [6, 6.07) is 23.1. The van der Waals surface area contributed by atoms with Gasteiger partial charge in [-0.2, -0.15) is 0 Å². The van der Waals surface area contributed by atoms with Crippen LogP contribution in [0.2, 0.25) is 0 Å². The van der Waals surface area contributed by atoms with Crippen LogP contribution >= 0.6 is 0 Å². The highest BCUT2D eigenvalue weighted by Crippen LogP contribution is 2.38. The average molecular weight is 292 g/mol. The first-order chi connectivity index (χ1) is 10.9. The molecule has 114 valence electrons. The van der Waals surface area contributed by atoms with Gasteiger partial charge in [0.25, 0.3) is 0 Å². The van der Waals surface area contributed by atoms with Crippen molar-refractivity contribution in [2.75, 3.05) is 19.6 Å². The van der Waals surface area contributed by atoms with Gasteiger partial charge in [0, 0.05) is 12.6 Å². The third-order valence-electron chi connectivity index (χ3n) is 5.34. The Morgan fingerprint density at radius 2 is 1.50 bits per heavy atom. The molecule has 2 aromatic carbocycles. The van der Waals surface area contributed by atoms with Crippen molar-refractivity contribution in [2.24, 2.45) is 5.92 Å². The number of piperidine rings is 1. The first-order valence-corrected chi connectivity index (χ1v) is 8.50. The summed E-state index contributed by atoms with van der Waals surface area (Å²) in [6.45, 7) is 3.54. The second-order valence-electron chi connectivity index (χ2n) is 6.57. The summed E-state index contributed by atoms with van der Waals surface area (Å²) in [6.07, 6.45) is 2.68. The van der Waals surface area contributed by atoms with Crippen LogP contribution in [0.5, 0.6) is 0 Å². The molecule has 0 unspecified atom stereocenters. The van der Waals surface area contributed by atoms with Gasteiger partial charge >= 0.3 is 0 Å². The van der Waals surface area contributed by atoms with Crippen LogP contribution in [0.1, 0.15) is 30.0 Å². The average Bonchev–Trinajstić information content (AvgIpc) is 3.01. The maximum absolute atomic E-state index is 3.60. The number of hydrogen-bond acceptors (Lipinski definition) is 2. The van der Waals surface area contributed by atoms with Crippen molar-refractivity contribution >= 4 is 0 Å². The Morgan fingerprint density at radius 1 is 0.864 bits per heavy atom. The molecule has 2 atom stereocenters. The summed E-state index contributed by atoms with van der Waals surface area (Å²) in [5, 5.41) is 3.60. The molecule has 2 nitrogen and oxygen atoms in total. The fourth-order valence-corrected chi connectivity index (χ4v) is 4.27. The Hall–Kier alpha value is -1.64. The van der Waals surface area contributed by atoms with Crippen LogP contribution in [0.25, 0.3) is 0 Å². The van der Waals surface area contributed by atoms with E-state index in [0.29, 0.717) is 12.1 Å². The van der Waals surface area contributed by atoms with Gasteiger partial charge in [0.15, 0.2) is 0 Å². The third-order valence-corrected chi connectivity index (χ3v) is 5.34. The Labute approximate surface area is 133 Å². The van der Waals surface area contributed by atoms with Crippen molar-refractivity contribution in [3.63, 3.8) is 0 Å². The highest BCUT2D eigenvalue weighted by molar-refractivity contribution is 5.32. The highest BCUT2D eigenvalue weighted by Gasteiger charge is 2.39. The van der Waals surface area contributed by atoms with Crippen molar-refractivity contribution in [3.8, 4) is 0 Å². The molecule has 0 spiro atoms. The second-order valence-corrected chi connectivity index (χ2v) is 6.57. The maximum atomic E-state index is 3.60. The summed E-state index contributed by atoms with van der Waals surface area (Å²) in [7, 11) is 0. The minimum Gasteiger partial charge on any atom is -0.315 e. The Bertz CT molecular complexity index is 556. The molecule has 0 aliphatic carbocycles. The first kappa shape index (κ1) is 14.0. The van der Waals surface area contributed by atoms with Crippen LogP contribution in [-0.4, -0.2) is 30.6 Å². The predicted molar refractivity (Wildman–Crippen MR) is 90.8 cm³/mol. The Balaban J connectivity index is 1.72. The van der Waals surface area contributed by atoms with E-state index in [-0.39, 0.29) is 0 Å². The van der Waals surface area contributed by atoms with Crippen molar-refractivity contribution in [1.29, 1.82) is 0 Å². The van der Waals surface area contributed by atoms with E-state index in [0.717, 1.165) is 12.5 Å². The SMILES string of the molecule is c1ccc(C(c2ccccc2)N2CC[C@H]3CCNC[C@H]32)cc1. The molecule has 2 heterocycles. The number of hydrogen-bond donors (Lipinski definition) is 1. The number of rotatable bonds is 3. The molecule has 1 N–H and O–H groups in total. The van der Waals surface area contributed by atoms with E-state index in [1.165, 1.54) is 37.1 Å². The number of likely N-dealkylation sites (tertiary alicyclic amines) is 1. The molecule has 2 aliphatic rings. The van der Waals surface area contributed by atoms with Crippen LogP contribution < -0.4 is 5.32 Å². The summed E-state index contributed by atoms with van der Waals surface area (Å²) in [5.41, 5.74) is 2.83. The smallest absolute Gasteiger partial charge is 0.0604 e. The van der Waals surface area contributed by atoms with Gasteiger partial charge in [0.05, 0.1) is 6.04 Å². The lowest BCUT2D eigenvalue weighted by Crippen LogP contribution is -2.47. The van der Waals surface area contributed by atoms with Gasteiger partial charge in [-0.05, 0) is 43.0 Å². The van der Waals surface area contributed by atoms with Crippen molar-refractivity contribution < 1.29 is 0 Å².